The number of benzene rings is 1. The van der Waals surface area contributed by atoms with Gasteiger partial charge in [-0.2, -0.15) is 0 Å². The van der Waals surface area contributed by atoms with E-state index in [0.717, 1.165) is 0 Å². The quantitative estimate of drug-likeness (QED) is 0.591. The van der Waals surface area contributed by atoms with E-state index in [-0.39, 0.29) is 18.4 Å². The van der Waals surface area contributed by atoms with Gasteiger partial charge in [-0.25, -0.2) is 0 Å². The van der Waals surface area contributed by atoms with E-state index in [1.54, 1.807) is 36.9 Å². The standard InChI is InChI=1S/C12H14ClN3O2/c1-12(2)11(18)15-10(17)6-16(12)9-5-7(13)3-4-8(9)14/h3-5H,6,14H2,1-2H3,(H,15,17,18). The number of rotatable bonds is 1. The molecule has 0 radical (unpaired) electrons. The number of carbonyl (C=O) groups excluding carboxylic acids is 2. The lowest BCUT2D eigenvalue weighted by Crippen LogP contribution is -2.64. The van der Waals surface area contributed by atoms with Crippen molar-refractivity contribution in [3.63, 3.8) is 0 Å². The van der Waals surface area contributed by atoms with E-state index in [1.165, 1.54) is 0 Å². The summed E-state index contributed by atoms with van der Waals surface area (Å²) in [4.78, 5) is 25.0. The van der Waals surface area contributed by atoms with Crippen molar-refractivity contribution in [2.24, 2.45) is 0 Å². The smallest absolute Gasteiger partial charge is 0.251 e. The summed E-state index contributed by atoms with van der Waals surface area (Å²) >= 11 is 5.93. The van der Waals surface area contributed by atoms with E-state index in [0.29, 0.717) is 16.4 Å². The molecule has 0 spiro atoms. The van der Waals surface area contributed by atoms with Crippen LogP contribution in [0.25, 0.3) is 0 Å². The third-order valence-corrected chi connectivity index (χ3v) is 3.30. The van der Waals surface area contributed by atoms with Crippen molar-refractivity contribution < 1.29 is 9.59 Å². The van der Waals surface area contributed by atoms with Gasteiger partial charge >= 0.3 is 0 Å². The average molecular weight is 268 g/mol. The topological polar surface area (TPSA) is 75.4 Å². The zero-order chi connectivity index (χ0) is 13.5. The Bertz CT molecular complexity index is 528. The van der Waals surface area contributed by atoms with Crippen LogP contribution in [0.5, 0.6) is 0 Å². The second-order valence-electron chi connectivity index (χ2n) is 4.73. The molecule has 6 heteroatoms. The van der Waals surface area contributed by atoms with Gasteiger partial charge in [-0.1, -0.05) is 11.6 Å². The summed E-state index contributed by atoms with van der Waals surface area (Å²) in [7, 11) is 0. The number of nitrogens with zero attached hydrogens (tertiary/aromatic N) is 1. The van der Waals surface area contributed by atoms with Crippen LogP contribution in [0, 0.1) is 0 Å². The average Bonchev–Trinajstić information content (AvgIpc) is 2.27. The van der Waals surface area contributed by atoms with Crippen molar-refractivity contribution in [1.29, 1.82) is 0 Å². The molecule has 1 aromatic rings. The van der Waals surface area contributed by atoms with Crippen molar-refractivity contribution in [1.82, 2.24) is 5.32 Å². The Morgan fingerprint density at radius 2 is 2.06 bits per heavy atom. The molecular formula is C12H14ClN3O2. The van der Waals surface area contributed by atoms with E-state index < -0.39 is 5.54 Å². The molecule has 0 atom stereocenters. The molecule has 18 heavy (non-hydrogen) atoms. The highest BCUT2D eigenvalue weighted by Crippen LogP contribution is 2.33. The lowest BCUT2D eigenvalue weighted by Gasteiger charge is -2.42. The highest BCUT2D eigenvalue weighted by molar-refractivity contribution is 6.31. The molecule has 1 heterocycles. The van der Waals surface area contributed by atoms with Gasteiger partial charge in [-0.3, -0.25) is 14.9 Å². The zero-order valence-electron chi connectivity index (χ0n) is 10.2. The van der Waals surface area contributed by atoms with Crippen LogP contribution >= 0.6 is 11.6 Å². The lowest BCUT2D eigenvalue weighted by molar-refractivity contribution is -0.135. The first-order valence-electron chi connectivity index (χ1n) is 5.49. The Kier molecular flexibility index (Phi) is 2.94. The molecule has 0 aliphatic carbocycles. The fourth-order valence-corrected chi connectivity index (χ4v) is 2.09. The van der Waals surface area contributed by atoms with Gasteiger partial charge in [0, 0.05) is 5.02 Å². The van der Waals surface area contributed by atoms with Crippen LogP contribution in [-0.4, -0.2) is 23.9 Å². The van der Waals surface area contributed by atoms with Gasteiger partial charge in [0.15, 0.2) is 0 Å². The number of hydrogen-bond donors (Lipinski definition) is 2. The fourth-order valence-electron chi connectivity index (χ4n) is 1.92. The molecule has 1 aliphatic heterocycles. The number of hydrogen-bond acceptors (Lipinski definition) is 4. The maximum Gasteiger partial charge on any atom is 0.251 e. The summed E-state index contributed by atoms with van der Waals surface area (Å²) in [6, 6.07) is 4.98. The van der Waals surface area contributed by atoms with Crippen LogP contribution in [0.15, 0.2) is 18.2 Å². The number of nitrogens with two attached hydrogens (primary N) is 1. The SMILES string of the molecule is CC1(C)C(=O)NC(=O)CN1c1cc(Cl)ccc1N. The minimum Gasteiger partial charge on any atom is -0.397 e. The van der Waals surface area contributed by atoms with Crippen LogP contribution in [0.3, 0.4) is 0 Å². The van der Waals surface area contributed by atoms with Gasteiger partial charge in [-0.15, -0.1) is 0 Å². The number of nitrogens with one attached hydrogen (secondary N) is 1. The highest BCUT2D eigenvalue weighted by Gasteiger charge is 2.41. The molecule has 1 fully saturated rings. The van der Waals surface area contributed by atoms with Crippen molar-refractivity contribution in [3.8, 4) is 0 Å². The van der Waals surface area contributed by atoms with Gasteiger partial charge in [0.05, 0.1) is 17.9 Å². The normalized spacial score (nSPS) is 18.7. The Morgan fingerprint density at radius 1 is 1.39 bits per heavy atom. The van der Waals surface area contributed by atoms with Gasteiger partial charge in [0.1, 0.15) is 5.54 Å². The fraction of sp³-hybridized carbons (Fsp3) is 0.333. The summed E-state index contributed by atoms with van der Waals surface area (Å²) in [6.45, 7) is 3.54. The lowest BCUT2D eigenvalue weighted by atomic mass is 9.97. The van der Waals surface area contributed by atoms with Gasteiger partial charge in [0.25, 0.3) is 5.91 Å². The Labute approximate surface area is 110 Å². The molecule has 1 saturated heterocycles. The third-order valence-electron chi connectivity index (χ3n) is 3.07. The van der Waals surface area contributed by atoms with Crippen LogP contribution in [-0.2, 0) is 9.59 Å². The van der Waals surface area contributed by atoms with Gasteiger partial charge in [-0.05, 0) is 32.0 Å². The molecule has 96 valence electrons. The number of nitrogen functional groups attached to an aromatic ring is 1. The molecular weight excluding hydrogens is 254 g/mol. The predicted molar refractivity (Wildman–Crippen MR) is 70.4 cm³/mol. The monoisotopic (exact) mass is 267 g/mol. The molecule has 0 bridgehead atoms. The number of amides is 2. The summed E-state index contributed by atoms with van der Waals surface area (Å²) in [6.07, 6.45) is 0. The van der Waals surface area contributed by atoms with Crippen LogP contribution in [0.1, 0.15) is 13.8 Å². The molecule has 1 aliphatic rings. The summed E-state index contributed by atoms with van der Waals surface area (Å²) < 4.78 is 0. The first-order valence-corrected chi connectivity index (χ1v) is 5.87. The molecule has 2 amide bonds. The maximum absolute atomic E-state index is 11.9. The zero-order valence-corrected chi connectivity index (χ0v) is 10.9. The van der Waals surface area contributed by atoms with E-state index in [4.69, 9.17) is 17.3 Å². The molecule has 0 saturated carbocycles. The number of anilines is 2. The van der Waals surface area contributed by atoms with E-state index >= 15 is 0 Å². The summed E-state index contributed by atoms with van der Waals surface area (Å²) in [5, 5.41) is 2.82. The van der Waals surface area contributed by atoms with E-state index in [1.807, 2.05) is 0 Å². The van der Waals surface area contributed by atoms with Crippen LogP contribution in [0.2, 0.25) is 5.02 Å². The maximum atomic E-state index is 11.9. The third kappa shape index (κ3) is 2.01. The predicted octanol–water partition coefficient (Wildman–Crippen LogP) is 1.16. The first-order chi connectivity index (χ1) is 8.32. The van der Waals surface area contributed by atoms with Crippen molar-refractivity contribution >= 4 is 34.8 Å². The minimum atomic E-state index is -0.854. The van der Waals surface area contributed by atoms with E-state index in [9.17, 15) is 9.59 Å². The van der Waals surface area contributed by atoms with Crippen molar-refractivity contribution in [2.75, 3.05) is 17.2 Å². The second-order valence-corrected chi connectivity index (χ2v) is 5.16. The molecule has 0 unspecified atom stereocenters. The van der Waals surface area contributed by atoms with Gasteiger partial charge < -0.3 is 10.6 Å². The summed E-state index contributed by atoms with van der Waals surface area (Å²) in [5.41, 5.74) is 6.11. The van der Waals surface area contributed by atoms with Crippen LogP contribution < -0.4 is 16.0 Å². The number of halogens is 1. The van der Waals surface area contributed by atoms with Crippen LogP contribution in [0.4, 0.5) is 11.4 Å². The molecule has 0 aromatic heterocycles. The molecule has 2 rings (SSSR count). The van der Waals surface area contributed by atoms with Gasteiger partial charge in [0.2, 0.25) is 5.91 Å². The van der Waals surface area contributed by atoms with Crippen molar-refractivity contribution in [2.45, 2.75) is 19.4 Å². The Hall–Kier alpha value is -1.75. The molecule has 5 nitrogen and oxygen atoms in total. The number of carbonyl (C=O) groups is 2. The molecule has 3 N–H and O–H groups in total. The Morgan fingerprint density at radius 3 is 2.72 bits per heavy atom. The second kappa shape index (κ2) is 4.17. The first kappa shape index (κ1) is 12.7. The Balaban J connectivity index is 2.50. The summed E-state index contributed by atoms with van der Waals surface area (Å²) in [5.74, 6) is -0.697. The molecule has 1 aromatic carbocycles. The highest BCUT2D eigenvalue weighted by atomic mass is 35.5. The number of piperazine rings is 1. The van der Waals surface area contributed by atoms with E-state index in [2.05, 4.69) is 5.32 Å². The largest absolute Gasteiger partial charge is 0.397 e. The minimum absolute atomic E-state index is 0.0727. The number of imide groups is 1. The van der Waals surface area contributed by atoms with Crippen molar-refractivity contribution in [3.05, 3.63) is 23.2 Å².